The number of aromatic nitrogens is 1. The maximum absolute atomic E-state index is 12.5. The number of nitrogen functional groups attached to an aromatic ring is 1. The van der Waals surface area contributed by atoms with E-state index in [0.29, 0.717) is 23.5 Å². The lowest BCUT2D eigenvalue weighted by Gasteiger charge is -2.30. The second kappa shape index (κ2) is 6.37. The molecule has 0 aliphatic heterocycles. The summed E-state index contributed by atoms with van der Waals surface area (Å²) in [6, 6.07) is 0.436. The normalized spacial score (nSPS) is 16.2. The van der Waals surface area contributed by atoms with Gasteiger partial charge in [-0.2, -0.15) is 0 Å². The molecule has 0 saturated heterocycles. The Morgan fingerprint density at radius 2 is 2.21 bits per heavy atom. The number of carbonyl (C=O) groups is 1. The van der Waals surface area contributed by atoms with Gasteiger partial charge in [-0.25, -0.2) is 4.98 Å². The fourth-order valence-electron chi connectivity index (χ4n) is 2.72. The summed E-state index contributed by atoms with van der Waals surface area (Å²) in [5, 5.41) is 2.43. The molecule has 0 atom stereocenters. The van der Waals surface area contributed by atoms with Crippen molar-refractivity contribution in [2.45, 2.75) is 52.0 Å². The Kier molecular flexibility index (Phi) is 4.80. The predicted molar refractivity (Wildman–Crippen MR) is 79.0 cm³/mol. The van der Waals surface area contributed by atoms with Crippen molar-refractivity contribution in [2.24, 2.45) is 5.92 Å². The maximum atomic E-state index is 12.5. The van der Waals surface area contributed by atoms with Crippen molar-refractivity contribution in [3.05, 3.63) is 11.1 Å². The van der Waals surface area contributed by atoms with Gasteiger partial charge in [-0.1, -0.05) is 26.7 Å². The van der Waals surface area contributed by atoms with E-state index < -0.39 is 0 Å². The molecule has 1 fully saturated rings. The summed E-state index contributed by atoms with van der Waals surface area (Å²) < 4.78 is 0. The first kappa shape index (κ1) is 14.3. The van der Waals surface area contributed by atoms with Gasteiger partial charge in [0.25, 0.3) is 0 Å². The molecule has 1 amide bonds. The monoisotopic (exact) mass is 281 g/mol. The molecule has 1 aliphatic carbocycles. The van der Waals surface area contributed by atoms with Crippen LogP contribution in [0.5, 0.6) is 0 Å². The molecular weight excluding hydrogens is 258 g/mol. The van der Waals surface area contributed by atoms with Gasteiger partial charge in [0.15, 0.2) is 5.13 Å². The summed E-state index contributed by atoms with van der Waals surface area (Å²) in [6.45, 7) is 5.18. The molecule has 1 heterocycles. The van der Waals surface area contributed by atoms with E-state index in [0.717, 1.165) is 25.1 Å². The van der Waals surface area contributed by atoms with Gasteiger partial charge in [0.2, 0.25) is 5.91 Å². The summed E-state index contributed by atoms with van der Waals surface area (Å²) in [5.41, 5.74) is 6.42. The summed E-state index contributed by atoms with van der Waals surface area (Å²) >= 11 is 1.40. The highest BCUT2D eigenvalue weighted by Crippen LogP contribution is 2.25. The highest BCUT2D eigenvalue weighted by Gasteiger charge is 2.27. The number of anilines is 1. The number of nitrogens with two attached hydrogens (primary N) is 1. The second-order valence-corrected chi connectivity index (χ2v) is 6.62. The van der Waals surface area contributed by atoms with Crippen LogP contribution in [0, 0.1) is 5.92 Å². The number of amides is 1. The molecule has 0 spiro atoms. The molecule has 2 rings (SSSR count). The molecule has 4 nitrogen and oxygen atoms in total. The Balaban J connectivity index is 2.02. The lowest BCUT2D eigenvalue weighted by molar-refractivity contribution is -0.133. The van der Waals surface area contributed by atoms with E-state index in [2.05, 4.69) is 23.7 Å². The Labute approximate surface area is 119 Å². The average molecular weight is 281 g/mol. The van der Waals surface area contributed by atoms with Crippen molar-refractivity contribution in [3.63, 3.8) is 0 Å². The van der Waals surface area contributed by atoms with Gasteiger partial charge in [-0.15, -0.1) is 11.3 Å². The van der Waals surface area contributed by atoms with Crippen LogP contribution in [0.15, 0.2) is 5.38 Å². The fourth-order valence-corrected chi connectivity index (χ4v) is 3.29. The molecule has 0 aromatic carbocycles. The van der Waals surface area contributed by atoms with Crippen molar-refractivity contribution >= 4 is 22.4 Å². The van der Waals surface area contributed by atoms with E-state index in [-0.39, 0.29) is 5.91 Å². The molecule has 5 heteroatoms. The minimum atomic E-state index is 0.200. The van der Waals surface area contributed by atoms with E-state index in [9.17, 15) is 4.79 Å². The summed E-state index contributed by atoms with van der Waals surface area (Å²) in [5.74, 6) is 0.705. The molecule has 1 aromatic rings. The quantitative estimate of drug-likeness (QED) is 0.902. The van der Waals surface area contributed by atoms with Crippen LogP contribution in [-0.2, 0) is 11.2 Å². The average Bonchev–Trinajstić information content (AvgIpc) is 2.97. The van der Waals surface area contributed by atoms with Crippen LogP contribution in [0.25, 0.3) is 0 Å². The Morgan fingerprint density at radius 1 is 1.53 bits per heavy atom. The minimum Gasteiger partial charge on any atom is -0.375 e. The zero-order valence-electron chi connectivity index (χ0n) is 11.8. The predicted octanol–water partition coefficient (Wildman–Crippen LogP) is 2.70. The van der Waals surface area contributed by atoms with Crippen molar-refractivity contribution < 1.29 is 4.79 Å². The van der Waals surface area contributed by atoms with Gasteiger partial charge in [0.05, 0.1) is 12.1 Å². The molecule has 1 aromatic heterocycles. The Hall–Kier alpha value is -1.10. The number of thiazole rings is 1. The zero-order chi connectivity index (χ0) is 13.8. The molecule has 1 aliphatic rings. The summed E-state index contributed by atoms with van der Waals surface area (Å²) in [6.07, 6.45) is 5.18. The van der Waals surface area contributed by atoms with Crippen LogP contribution < -0.4 is 5.73 Å². The van der Waals surface area contributed by atoms with Gasteiger partial charge in [-0.3, -0.25) is 4.79 Å². The Morgan fingerprint density at radius 3 is 2.74 bits per heavy atom. The highest BCUT2D eigenvalue weighted by molar-refractivity contribution is 7.13. The van der Waals surface area contributed by atoms with Gasteiger partial charge < -0.3 is 10.6 Å². The van der Waals surface area contributed by atoms with E-state index in [1.807, 2.05) is 5.38 Å². The van der Waals surface area contributed by atoms with Crippen LogP contribution in [0.1, 0.15) is 45.2 Å². The van der Waals surface area contributed by atoms with Crippen LogP contribution >= 0.6 is 11.3 Å². The first-order chi connectivity index (χ1) is 9.06. The second-order valence-electron chi connectivity index (χ2n) is 5.73. The molecule has 19 heavy (non-hydrogen) atoms. The maximum Gasteiger partial charge on any atom is 0.228 e. The lowest BCUT2D eigenvalue weighted by atomic mass is 10.1. The largest absolute Gasteiger partial charge is 0.375 e. The third-order valence-corrected chi connectivity index (χ3v) is 4.27. The van der Waals surface area contributed by atoms with Crippen LogP contribution in [0.3, 0.4) is 0 Å². The lowest BCUT2D eigenvalue weighted by Crippen LogP contribution is -2.42. The van der Waals surface area contributed by atoms with Crippen molar-refractivity contribution in [2.75, 3.05) is 12.3 Å². The van der Waals surface area contributed by atoms with Crippen LogP contribution in [-0.4, -0.2) is 28.4 Å². The van der Waals surface area contributed by atoms with E-state index in [1.54, 1.807) is 0 Å². The third kappa shape index (κ3) is 3.93. The van der Waals surface area contributed by atoms with Crippen LogP contribution in [0.2, 0.25) is 0 Å². The summed E-state index contributed by atoms with van der Waals surface area (Å²) in [4.78, 5) is 18.8. The first-order valence-corrected chi connectivity index (χ1v) is 7.93. The van der Waals surface area contributed by atoms with Crippen molar-refractivity contribution in [1.29, 1.82) is 0 Å². The standard InChI is InChI=1S/C14H23N3OS/c1-10(2)8-17(12-5-3-4-6-12)13(18)7-11-9-19-14(15)16-11/h9-10,12H,3-8H2,1-2H3,(H2,15,16). The fraction of sp³-hybridized carbons (Fsp3) is 0.714. The SMILES string of the molecule is CC(C)CN(C(=O)Cc1csc(N)n1)C1CCCC1. The number of carbonyl (C=O) groups excluding carboxylic acids is 1. The van der Waals surface area contributed by atoms with Gasteiger partial charge >= 0.3 is 0 Å². The number of nitrogens with zero attached hydrogens (tertiary/aromatic N) is 2. The number of hydrogen-bond acceptors (Lipinski definition) is 4. The Bertz CT molecular complexity index is 424. The molecule has 0 unspecified atom stereocenters. The zero-order valence-corrected chi connectivity index (χ0v) is 12.6. The molecular formula is C14H23N3OS. The van der Waals surface area contributed by atoms with Crippen LogP contribution in [0.4, 0.5) is 5.13 Å². The van der Waals surface area contributed by atoms with Gasteiger partial charge in [-0.05, 0) is 18.8 Å². The number of rotatable bonds is 5. The molecule has 2 N–H and O–H groups in total. The minimum absolute atomic E-state index is 0.200. The molecule has 0 radical (unpaired) electrons. The smallest absolute Gasteiger partial charge is 0.228 e. The van der Waals surface area contributed by atoms with E-state index in [4.69, 9.17) is 5.73 Å². The van der Waals surface area contributed by atoms with Gasteiger partial charge in [0.1, 0.15) is 0 Å². The van der Waals surface area contributed by atoms with E-state index >= 15 is 0 Å². The van der Waals surface area contributed by atoms with Crippen molar-refractivity contribution in [3.8, 4) is 0 Å². The van der Waals surface area contributed by atoms with Crippen molar-refractivity contribution in [1.82, 2.24) is 9.88 Å². The topological polar surface area (TPSA) is 59.2 Å². The van der Waals surface area contributed by atoms with E-state index in [1.165, 1.54) is 24.2 Å². The first-order valence-electron chi connectivity index (χ1n) is 7.05. The molecule has 106 valence electrons. The number of hydrogen-bond donors (Lipinski definition) is 1. The highest BCUT2D eigenvalue weighted by atomic mass is 32.1. The third-order valence-electron chi connectivity index (χ3n) is 3.55. The van der Waals surface area contributed by atoms with Gasteiger partial charge in [0, 0.05) is 18.0 Å². The molecule has 1 saturated carbocycles. The molecule has 0 bridgehead atoms. The summed E-state index contributed by atoms with van der Waals surface area (Å²) in [7, 11) is 0.